The van der Waals surface area contributed by atoms with Crippen LogP contribution in [0, 0.1) is 0 Å². The van der Waals surface area contributed by atoms with Gasteiger partial charge in [-0.1, -0.05) is 55.5 Å². The Morgan fingerprint density at radius 1 is 0.938 bits per heavy atom. The number of hydrogen-bond acceptors (Lipinski definition) is 0. The quantitative estimate of drug-likeness (QED) is 0.651. The van der Waals surface area contributed by atoms with E-state index in [1.54, 1.807) is 11.1 Å². The molecule has 0 fully saturated rings. The van der Waals surface area contributed by atoms with Gasteiger partial charge < -0.3 is 0 Å². The minimum atomic E-state index is 0.750. The predicted octanol–water partition coefficient (Wildman–Crippen LogP) is 4.40. The predicted molar refractivity (Wildman–Crippen MR) is 68.6 cm³/mol. The molecule has 0 radical (unpaired) electrons. The van der Waals surface area contributed by atoms with Gasteiger partial charge in [0.05, 0.1) is 0 Å². The van der Waals surface area contributed by atoms with Crippen LogP contribution in [0.2, 0.25) is 0 Å². The number of fused-ring (bicyclic) bond motifs is 1. The normalized spacial score (nSPS) is 18.4. The first-order chi connectivity index (χ1) is 7.84. The van der Waals surface area contributed by atoms with Crippen LogP contribution in [0.1, 0.15) is 30.4 Å². The van der Waals surface area contributed by atoms with Crippen LogP contribution in [-0.4, -0.2) is 0 Å². The summed E-state index contributed by atoms with van der Waals surface area (Å²) in [5, 5.41) is 0. The van der Waals surface area contributed by atoms with Gasteiger partial charge in [0.2, 0.25) is 0 Å². The first-order valence-corrected chi connectivity index (χ1v) is 6.03. The minimum absolute atomic E-state index is 0.750. The van der Waals surface area contributed by atoms with E-state index < -0.39 is 0 Å². The molecule has 0 unspecified atom stereocenters. The van der Waals surface area contributed by atoms with E-state index in [2.05, 4.69) is 55.5 Å². The first-order valence-electron chi connectivity index (χ1n) is 6.03. The SMILES string of the molecule is C[C@@H]1CCc2cc(-c3ccccc3)ccc21. The van der Waals surface area contributed by atoms with Crippen LogP contribution in [-0.2, 0) is 6.42 Å². The summed E-state index contributed by atoms with van der Waals surface area (Å²) in [6.45, 7) is 2.33. The average molecular weight is 208 g/mol. The molecule has 2 aromatic carbocycles. The molecule has 0 heteroatoms. The standard InChI is InChI=1S/C16H16/c1-12-7-8-15-11-14(9-10-16(12)15)13-5-3-2-4-6-13/h2-6,9-12H,7-8H2,1H3/t12-/m1/s1. The van der Waals surface area contributed by atoms with E-state index in [0.717, 1.165) is 5.92 Å². The van der Waals surface area contributed by atoms with Crippen molar-refractivity contribution in [2.24, 2.45) is 0 Å². The van der Waals surface area contributed by atoms with Crippen molar-refractivity contribution in [3.8, 4) is 11.1 Å². The smallest absolute Gasteiger partial charge is 0.0181 e. The fourth-order valence-corrected chi connectivity index (χ4v) is 2.64. The monoisotopic (exact) mass is 208 g/mol. The lowest BCUT2D eigenvalue weighted by molar-refractivity contribution is 0.747. The molecule has 1 aliphatic rings. The Kier molecular flexibility index (Phi) is 2.28. The number of aryl methyl sites for hydroxylation is 1. The van der Waals surface area contributed by atoms with E-state index in [0.29, 0.717) is 0 Å². The van der Waals surface area contributed by atoms with Gasteiger partial charge in [-0.05, 0) is 41.0 Å². The minimum Gasteiger partial charge on any atom is -0.0622 e. The molecule has 0 aromatic heterocycles. The number of rotatable bonds is 1. The lowest BCUT2D eigenvalue weighted by atomic mass is 9.98. The third-order valence-corrected chi connectivity index (χ3v) is 3.63. The van der Waals surface area contributed by atoms with Crippen molar-refractivity contribution in [3.63, 3.8) is 0 Å². The van der Waals surface area contributed by atoms with E-state index in [4.69, 9.17) is 0 Å². The molecule has 3 rings (SSSR count). The van der Waals surface area contributed by atoms with Crippen molar-refractivity contribution in [1.82, 2.24) is 0 Å². The summed E-state index contributed by atoms with van der Waals surface area (Å²) in [5.41, 5.74) is 5.78. The van der Waals surface area contributed by atoms with Crippen molar-refractivity contribution in [2.45, 2.75) is 25.7 Å². The Bertz CT molecular complexity index is 497. The topological polar surface area (TPSA) is 0 Å². The molecule has 80 valence electrons. The van der Waals surface area contributed by atoms with Crippen LogP contribution in [0.4, 0.5) is 0 Å². The summed E-state index contributed by atoms with van der Waals surface area (Å²) in [5.74, 6) is 0.750. The summed E-state index contributed by atoms with van der Waals surface area (Å²) >= 11 is 0. The highest BCUT2D eigenvalue weighted by atomic mass is 14.2. The van der Waals surface area contributed by atoms with Crippen LogP contribution >= 0.6 is 0 Å². The molecule has 0 bridgehead atoms. The lowest BCUT2D eigenvalue weighted by Crippen LogP contribution is -1.87. The second kappa shape index (κ2) is 3.79. The van der Waals surface area contributed by atoms with Gasteiger partial charge in [0.25, 0.3) is 0 Å². The Hall–Kier alpha value is -1.56. The summed E-state index contributed by atoms with van der Waals surface area (Å²) in [4.78, 5) is 0. The molecule has 16 heavy (non-hydrogen) atoms. The second-order valence-corrected chi connectivity index (χ2v) is 4.72. The van der Waals surface area contributed by atoms with Gasteiger partial charge in [-0.3, -0.25) is 0 Å². The third kappa shape index (κ3) is 1.55. The molecule has 0 saturated carbocycles. The number of benzene rings is 2. The zero-order valence-electron chi connectivity index (χ0n) is 9.61. The van der Waals surface area contributed by atoms with E-state index >= 15 is 0 Å². The van der Waals surface area contributed by atoms with Crippen molar-refractivity contribution in [1.29, 1.82) is 0 Å². The zero-order chi connectivity index (χ0) is 11.0. The van der Waals surface area contributed by atoms with Gasteiger partial charge in [0.1, 0.15) is 0 Å². The van der Waals surface area contributed by atoms with Gasteiger partial charge in [0.15, 0.2) is 0 Å². The molecule has 1 aliphatic carbocycles. The highest BCUT2D eigenvalue weighted by molar-refractivity contribution is 5.65. The van der Waals surface area contributed by atoms with Crippen molar-refractivity contribution < 1.29 is 0 Å². The van der Waals surface area contributed by atoms with Crippen molar-refractivity contribution in [3.05, 3.63) is 59.7 Å². The average Bonchev–Trinajstić information content (AvgIpc) is 2.72. The van der Waals surface area contributed by atoms with Gasteiger partial charge in [-0.25, -0.2) is 0 Å². The fraction of sp³-hybridized carbons (Fsp3) is 0.250. The van der Waals surface area contributed by atoms with E-state index in [1.165, 1.54) is 24.0 Å². The molecule has 1 atom stereocenters. The summed E-state index contributed by atoms with van der Waals surface area (Å²) < 4.78 is 0. The van der Waals surface area contributed by atoms with Crippen molar-refractivity contribution in [2.75, 3.05) is 0 Å². The van der Waals surface area contributed by atoms with Crippen molar-refractivity contribution >= 4 is 0 Å². The Labute approximate surface area is 96.9 Å². The van der Waals surface area contributed by atoms with Gasteiger partial charge in [-0.2, -0.15) is 0 Å². The Balaban J connectivity index is 2.06. The van der Waals surface area contributed by atoms with Crippen LogP contribution in [0.5, 0.6) is 0 Å². The molecular formula is C16H16. The number of hydrogen-bond donors (Lipinski definition) is 0. The Morgan fingerprint density at radius 2 is 1.75 bits per heavy atom. The fourth-order valence-electron chi connectivity index (χ4n) is 2.64. The van der Waals surface area contributed by atoms with Crippen LogP contribution in [0.25, 0.3) is 11.1 Å². The zero-order valence-corrected chi connectivity index (χ0v) is 9.61. The molecule has 0 heterocycles. The molecule has 0 saturated heterocycles. The maximum atomic E-state index is 2.37. The lowest BCUT2D eigenvalue weighted by Gasteiger charge is -2.07. The highest BCUT2D eigenvalue weighted by Gasteiger charge is 2.18. The molecule has 0 spiro atoms. The summed E-state index contributed by atoms with van der Waals surface area (Å²) in [6.07, 6.45) is 2.56. The molecule has 0 N–H and O–H groups in total. The maximum absolute atomic E-state index is 2.37. The molecule has 0 aliphatic heterocycles. The maximum Gasteiger partial charge on any atom is -0.0181 e. The van der Waals surface area contributed by atoms with Gasteiger partial charge in [-0.15, -0.1) is 0 Å². The van der Waals surface area contributed by atoms with Crippen LogP contribution < -0.4 is 0 Å². The van der Waals surface area contributed by atoms with E-state index in [9.17, 15) is 0 Å². The largest absolute Gasteiger partial charge is 0.0622 e. The summed E-state index contributed by atoms with van der Waals surface area (Å²) in [7, 11) is 0. The molecule has 0 amide bonds. The van der Waals surface area contributed by atoms with E-state index in [-0.39, 0.29) is 0 Å². The Morgan fingerprint density at radius 3 is 2.56 bits per heavy atom. The van der Waals surface area contributed by atoms with Crippen LogP contribution in [0.3, 0.4) is 0 Å². The molecule has 0 nitrogen and oxygen atoms in total. The summed E-state index contributed by atoms with van der Waals surface area (Å²) in [6, 6.07) is 17.6. The molecular weight excluding hydrogens is 192 g/mol. The van der Waals surface area contributed by atoms with Crippen LogP contribution in [0.15, 0.2) is 48.5 Å². The highest BCUT2D eigenvalue weighted by Crippen LogP contribution is 2.35. The molecule has 2 aromatic rings. The van der Waals surface area contributed by atoms with Gasteiger partial charge in [0, 0.05) is 0 Å². The van der Waals surface area contributed by atoms with E-state index in [1.807, 2.05) is 0 Å². The first kappa shape index (κ1) is 9.65. The third-order valence-electron chi connectivity index (χ3n) is 3.63. The van der Waals surface area contributed by atoms with Gasteiger partial charge >= 0.3 is 0 Å². The second-order valence-electron chi connectivity index (χ2n) is 4.72.